The van der Waals surface area contributed by atoms with Crippen molar-refractivity contribution in [2.24, 2.45) is 11.3 Å². The first-order valence-corrected chi connectivity index (χ1v) is 4.72. The SMILES string of the molecule is C1CC2(C1)CNC1COCC12. The maximum atomic E-state index is 5.48. The standard InChI is InChI=1S/C9H15NO/c1-2-9(3-1)6-10-8-5-11-4-7(8)9/h7-8,10H,1-6H2. The van der Waals surface area contributed by atoms with Gasteiger partial charge in [-0.25, -0.2) is 0 Å². The molecule has 0 radical (unpaired) electrons. The van der Waals surface area contributed by atoms with Crippen molar-refractivity contribution in [3.05, 3.63) is 0 Å². The van der Waals surface area contributed by atoms with Gasteiger partial charge < -0.3 is 10.1 Å². The van der Waals surface area contributed by atoms with Crippen molar-refractivity contribution in [1.29, 1.82) is 0 Å². The van der Waals surface area contributed by atoms with Gasteiger partial charge in [-0.05, 0) is 18.3 Å². The van der Waals surface area contributed by atoms with Crippen LogP contribution in [-0.4, -0.2) is 25.8 Å². The Balaban J connectivity index is 1.86. The van der Waals surface area contributed by atoms with E-state index in [2.05, 4.69) is 5.32 Å². The van der Waals surface area contributed by atoms with E-state index in [1.807, 2.05) is 0 Å². The van der Waals surface area contributed by atoms with Crippen LogP contribution in [0.2, 0.25) is 0 Å². The van der Waals surface area contributed by atoms with Gasteiger partial charge in [-0.15, -0.1) is 0 Å². The first-order valence-electron chi connectivity index (χ1n) is 4.72. The maximum absolute atomic E-state index is 5.48. The Morgan fingerprint density at radius 3 is 2.91 bits per heavy atom. The molecule has 3 rings (SSSR count). The minimum absolute atomic E-state index is 0.682. The fraction of sp³-hybridized carbons (Fsp3) is 1.00. The Labute approximate surface area is 67.3 Å². The predicted molar refractivity (Wildman–Crippen MR) is 42.4 cm³/mol. The third-order valence-corrected chi connectivity index (χ3v) is 3.93. The monoisotopic (exact) mass is 153 g/mol. The number of hydrogen-bond donors (Lipinski definition) is 1. The number of ether oxygens (including phenoxy) is 1. The molecular formula is C9H15NO. The number of nitrogens with one attached hydrogen (secondary N) is 1. The highest BCUT2D eigenvalue weighted by Gasteiger charge is 2.53. The average Bonchev–Trinajstić information content (AvgIpc) is 2.38. The van der Waals surface area contributed by atoms with Crippen LogP contribution < -0.4 is 5.32 Å². The van der Waals surface area contributed by atoms with E-state index in [4.69, 9.17) is 4.74 Å². The van der Waals surface area contributed by atoms with E-state index in [0.29, 0.717) is 11.5 Å². The zero-order valence-corrected chi connectivity index (χ0v) is 6.81. The quantitative estimate of drug-likeness (QED) is 0.555. The molecule has 0 amide bonds. The molecule has 2 aliphatic heterocycles. The zero-order valence-electron chi connectivity index (χ0n) is 6.81. The lowest BCUT2D eigenvalue weighted by atomic mass is 9.62. The van der Waals surface area contributed by atoms with E-state index in [1.165, 1.54) is 25.8 Å². The second-order valence-electron chi connectivity index (χ2n) is 4.35. The molecular weight excluding hydrogens is 138 g/mol. The lowest BCUT2D eigenvalue weighted by molar-refractivity contribution is 0.0656. The van der Waals surface area contributed by atoms with Crippen LogP contribution in [0.4, 0.5) is 0 Å². The largest absolute Gasteiger partial charge is 0.379 e. The highest BCUT2D eigenvalue weighted by molar-refractivity contribution is 5.06. The molecule has 3 aliphatic rings. The number of hydrogen-bond acceptors (Lipinski definition) is 2. The van der Waals surface area contributed by atoms with Crippen molar-refractivity contribution >= 4 is 0 Å². The van der Waals surface area contributed by atoms with E-state index >= 15 is 0 Å². The summed E-state index contributed by atoms with van der Waals surface area (Å²) in [6.45, 7) is 3.26. The van der Waals surface area contributed by atoms with Gasteiger partial charge in [0.2, 0.25) is 0 Å². The molecule has 2 atom stereocenters. The lowest BCUT2D eigenvalue weighted by Crippen LogP contribution is -2.38. The molecule has 2 heteroatoms. The van der Waals surface area contributed by atoms with Crippen LogP contribution in [-0.2, 0) is 4.74 Å². The molecule has 3 fully saturated rings. The van der Waals surface area contributed by atoms with Crippen molar-refractivity contribution in [2.75, 3.05) is 19.8 Å². The van der Waals surface area contributed by atoms with Crippen molar-refractivity contribution in [2.45, 2.75) is 25.3 Å². The van der Waals surface area contributed by atoms with E-state index in [0.717, 1.165) is 19.1 Å². The van der Waals surface area contributed by atoms with E-state index in [9.17, 15) is 0 Å². The molecule has 1 saturated carbocycles. The molecule has 2 nitrogen and oxygen atoms in total. The highest BCUT2D eigenvalue weighted by Crippen LogP contribution is 2.52. The lowest BCUT2D eigenvalue weighted by Gasteiger charge is -2.42. The Morgan fingerprint density at radius 1 is 1.27 bits per heavy atom. The molecule has 0 aromatic carbocycles. The molecule has 2 heterocycles. The smallest absolute Gasteiger partial charge is 0.0623 e. The minimum Gasteiger partial charge on any atom is -0.379 e. The molecule has 1 N–H and O–H groups in total. The fourth-order valence-corrected chi connectivity index (χ4v) is 3.00. The fourth-order valence-electron chi connectivity index (χ4n) is 3.00. The topological polar surface area (TPSA) is 21.3 Å². The van der Waals surface area contributed by atoms with Crippen molar-refractivity contribution < 1.29 is 4.74 Å². The van der Waals surface area contributed by atoms with Gasteiger partial charge in [-0.2, -0.15) is 0 Å². The van der Waals surface area contributed by atoms with Crippen molar-refractivity contribution in [3.8, 4) is 0 Å². The van der Waals surface area contributed by atoms with Crippen LogP contribution >= 0.6 is 0 Å². The summed E-state index contributed by atoms with van der Waals surface area (Å²) in [6, 6.07) is 0.704. The van der Waals surface area contributed by atoms with Crippen molar-refractivity contribution in [3.63, 3.8) is 0 Å². The summed E-state index contributed by atoms with van der Waals surface area (Å²) in [4.78, 5) is 0. The maximum Gasteiger partial charge on any atom is 0.0623 e. The van der Waals surface area contributed by atoms with Crippen LogP contribution in [0.25, 0.3) is 0 Å². The third kappa shape index (κ3) is 0.695. The molecule has 1 spiro atoms. The van der Waals surface area contributed by atoms with Crippen LogP contribution in [0.3, 0.4) is 0 Å². The summed E-state index contributed by atoms with van der Waals surface area (Å²) in [5.41, 5.74) is 0.682. The molecule has 62 valence electrons. The summed E-state index contributed by atoms with van der Waals surface area (Å²) >= 11 is 0. The average molecular weight is 153 g/mol. The van der Waals surface area contributed by atoms with Gasteiger partial charge >= 0.3 is 0 Å². The normalized spacial score (nSPS) is 45.8. The summed E-state index contributed by atoms with van der Waals surface area (Å²) < 4.78 is 5.48. The molecule has 0 aromatic rings. The summed E-state index contributed by atoms with van der Waals surface area (Å²) in [5.74, 6) is 0.858. The van der Waals surface area contributed by atoms with Crippen LogP contribution in [0.1, 0.15) is 19.3 Å². The minimum atomic E-state index is 0.682. The van der Waals surface area contributed by atoms with Crippen molar-refractivity contribution in [1.82, 2.24) is 5.32 Å². The van der Waals surface area contributed by atoms with E-state index in [-0.39, 0.29) is 0 Å². The molecule has 2 saturated heterocycles. The first-order chi connectivity index (χ1) is 5.41. The predicted octanol–water partition coefficient (Wildman–Crippen LogP) is 0.775. The summed E-state index contributed by atoms with van der Waals surface area (Å²) in [6.07, 6.45) is 4.35. The molecule has 0 bridgehead atoms. The van der Waals surface area contributed by atoms with E-state index in [1.54, 1.807) is 0 Å². The Morgan fingerprint density at radius 2 is 2.18 bits per heavy atom. The third-order valence-electron chi connectivity index (χ3n) is 3.93. The first kappa shape index (κ1) is 6.44. The van der Waals surface area contributed by atoms with Gasteiger partial charge in [0.25, 0.3) is 0 Å². The number of rotatable bonds is 0. The zero-order chi connectivity index (χ0) is 7.31. The Bertz CT molecular complexity index is 176. The van der Waals surface area contributed by atoms with Crippen LogP contribution in [0.5, 0.6) is 0 Å². The van der Waals surface area contributed by atoms with E-state index < -0.39 is 0 Å². The van der Waals surface area contributed by atoms with Gasteiger partial charge in [-0.1, -0.05) is 6.42 Å². The Hall–Kier alpha value is -0.0800. The number of fused-ring (bicyclic) bond motifs is 2. The second kappa shape index (κ2) is 1.99. The molecule has 0 aromatic heterocycles. The highest BCUT2D eigenvalue weighted by atomic mass is 16.5. The van der Waals surface area contributed by atoms with Crippen LogP contribution in [0.15, 0.2) is 0 Å². The van der Waals surface area contributed by atoms with Gasteiger partial charge in [0.1, 0.15) is 0 Å². The summed E-state index contributed by atoms with van der Waals surface area (Å²) in [5, 5.41) is 3.59. The van der Waals surface area contributed by atoms with Crippen LogP contribution in [0, 0.1) is 11.3 Å². The molecule has 2 unspecified atom stereocenters. The summed E-state index contributed by atoms with van der Waals surface area (Å²) in [7, 11) is 0. The second-order valence-corrected chi connectivity index (χ2v) is 4.35. The Kier molecular flexibility index (Phi) is 1.16. The molecule has 11 heavy (non-hydrogen) atoms. The van der Waals surface area contributed by atoms with Gasteiger partial charge in [0.15, 0.2) is 0 Å². The van der Waals surface area contributed by atoms with Gasteiger partial charge in [-0.3, -0.25) is 0 Å². The molecule has 1 aliphatic carbocycles. The van der Waals surface area contributed by atoms with Gasteiger partial charge in [0.05, 0.1) is 13.2 Å². The van der Waals surface area contributed by atoms with Gasteiger partial charge in [0, 0.05) is 18.5 Å².